The number of fused-ring (bicyclic) bond motifs is 1. The van der Waals surface area contributed by atoms with Crippen LogP contribution in [-0.4, -0.2) is 24.1 Å². The molecule has 144 valence electrons. The Hall–Kier alpha value is -3.01. The first-order chi connectivity index (χ1) is 13.2. The van der Waals surface area contributed by atoms with Gasteiger partial charge in [-0.2, -0.15) is 0 Å². The van der Waals surface area contributed by atoms with E-state index in [0.29, 0.717) is 28.7 Å². The minimum Gasteiger partial charge on any atom is -0.462 e. The number of Topliss-reactive ketones (excluding diaryl/α,β-unsaturated/α-hetero) is 1. The van der Waals surface area contributed by atoms with Crippen molar-refractivity contribution in [2.45, 2.75) is 34.1 Å². The number of allylic oxidation sites excluding steroid dienone is 4. The summed E-state index contributed by atoms with van der Waals surface area (Å²) in [5, 5.41) is 2.04. The van der Waals surface area contributed by atoms with E-state index in [0.717, 1.165) is 10.8 Å². The summed E-state index contributed by atoms with van der Waals surface area (Å²) in [6.07, 6.45) is 1.85. The monoisotopic (exact) mass is 376 g/mol. The molecular formula is C24H24O4. The molecule has 0 N–H and O–H groups in total. The van der Waals surface area contributed by atoms with Crippen molar-refractivity contribution in [2.24, 2.45) is 5.41 Å². The van der Waals surface area contributed by atoms with Gasteiger partial charge in [0.25, 0.3) is 0 Å². The Kier molecular flexibility index (Phi) is 5.32. The number of hydrogen-bond acceptors (Lipinski definition) is 4. The normalized spacial score (nSPS) is 15.1. The molecule has 0 radical (unpaired) electrons. The van der Waals surface area contributed by atoms with Gasteiger partial charge in [-0.1, -0.05) is 44.2 Å². The van der Waals surface area contributed by atoms with Crippen LogP contribution in [0.4, 0.5) is 0 Å². The molecule has 0 saturated heterocycles. The number of rotatable bonds is 5. The smallest absolute Gasteiger partial charge is 0.338 e. The average Bonchev–Trinajstić information content (AvgIpc) is 2.65. The molecule has 0 amide bonds. The Morgan fingerprint density at radius 1 is 1.00 bits per heavy atom. The lowest BCUT2D eigenvalue weighted by molar-refractivity contribution is -0.116. The second-order valence-electron chi connectivity index (χ2n) is 7.85. The maximum absolute atomic E-state index is 12.5. The zero-order valence-corrected chi connectivity index (χ0v) is 16.7. The van der Waals surface area contributed by atoms with Crippen LogP contribution < -0.4 is 0 Å². The Morgan fingerprint density at radius 2 is 1.68 bits per heavy atom. The van der Waals surface area contributed by atoms with E-state index < -0.39 is 11.4 Å². The van der Waals surface area contributed by atoms with Gasteiger partial charge in [-0.25, -0.2) is 4.79 Å². The summed E-state index contributed by atoms with van der Waals surface area (Å²) in [6, 6.07) is 13.3. The molecule has 0 aromatic heterocycles. The highest BCUT2D eigenvalue weighted by molar-refractivity contribution is 6.22. The fourth-order valence-electron chi connectivity index (χ4n) is 3.69. The first-order valence-corrected chi connectivity index (χ1v) is 9.35. The van der Waals surface area contributed by atoms with E-state index in [4.69, 9.17) is 4.74 Å². The number of hydrogen-bond donors (Lipinski definition) is 0. The molecule has 2 aromatic rings. The molecule has 1 aliphatic carbocycles. The van der Waals surface area contributed by atoms with Gasteiger partial charge in [-0.3, -0.25) is 9.59 Å². The molecule has 4 heteroatoms. The van der Waals surface area contributed by atoms with E-state index in [1.807, 2.05) is 50.2 Å². The van der Waals surface area contributed by atoms with Gasteiger partial charge in [-0.15, -0.1) is 0 Å². The van der Waals surface area contributed by atoms with Crippen LogP contribution in [0.1, 0.15) is 44.5 Å². The van der Waals surface area contributed by atoms with Gasteiger partial charge in [0.2, 0.25) is 0 Å². The second-order valence-corrected chi connectivity index (χ2v) is 7.85. The predicted molar refractivity (Wildman–Crippen MR) is 109 cm³/mol. The predicted octanol–water partition coefficient (Wildman–Crippen LogP) is 4.83. The van der Waals surface area contributed by atoms with Crippen molar-refractivity contribution in [3.8, 4) is 0 Å². The summed E-state index contributed by atoms with van der Waals surface area (Å²) in [5.74, 6) is -0.634. The van der Waals surface area contributed by atoms with E-state index in [9.17, 15) is 14.4 Å². The lowest BCUT2D eigenvalue weighted by Crippen LogP contribution is -2.29. The maximum Gasteiger partial charge on any atom is 0.338 e. The van der Waals surface area contributed by atoms with E-state index in [1.165, 1.54) is 6.08 Å². The van der Waals surface area contributed by atoms with Gasteiger partial charge in [0.05, 0.1) is 12.2 Å². The molecule has 2 aromatic carbocycles. The molecule has 1 aliphatic rings. The quantitative estimate of drug-likeness (QED) is 0.554. The molecule has 0 atom stereocenters. The number of ketones is 2. The Morgan fingerprint density at radius 3 is 2.39 bits per heavy atom. The summed E-state index contributed by atoms with van der Waals surface area (Å²) < 4.78 is 5.45. The minimum atomic E-state index is -0.572. The molecule has 28 heavy (non-hydrogen) atoms. The minimum absolute atomic E-state index is 0.101. The van der Waals surface area contributed by atoms with Crippen LogP contribution >= 0.6 is 0 Å². The van der Waals surface area contributed by atoms with Crippen LogP contribution in [0.2, 0.25) is 0 Å². The van der Waals surface area contributed by atoms with Gasteiger partial charge in [0.1, 0.15) is 0 Å². The van der Waals surface area contributed by atoms with Gasteiger partial charge in [0, 0.05) is 16.7 Å². The fourth-order valence-corrected chi connectivity index (χ4v) is 3.69. The van der Waals surface area contributed by atoms with Gasteiger partial charge in [-0.05, 0) is 54.7 Å². The van der Waals surface area contributed by atoms with Crippen LogP contribution in [0, 0.1) is 5.41 Å². The largest absolute Gasteiger partial charge is 0.462 e. The molecular weight excluding hydrogens is 352 g/mol. The SMILES string of the molecule is CC1=CC(=O)C(C(C)(C)CCOC(=O)c2ccc3ccccc3c2)=C(C)C1=O. The van der Waals surface area contributed by atoms with Crippen molar-refractivity contribution in [1.29, 1.82) is 0 Å². The summed E-state index contributed by atoms with van der Waals surface area (Å²) in [7, 11) is 0. The van der Waals surface area contributed by atoms with Crippen molar-refractivity contribution in [3.05, 3.63) is 70.8 Å². The average molecular weight is 376 g/mol. The van der Waals surface area contributed by atoms with Gasteiger partial charge < -0.3 is 4.74 Å². The summed E-state index contributed by atoms with van der Waals surface area (Å²) in [5.41, 5.74) is 1.37. The Labute approximate surface area is 164 Å². The highest BCUT2D eigenvalue weighted by Crippen LogP contribution is 2.36. The molecule has 0 fully saturated rings. The number of esters is 1. The lowest BCUT2D eigenvalue weighted by Gasteiger charge is -2.30. The number of carbonyl (C=O) groups excluding carboxylic acids is 3. The number of benzene rings is 2. The molecule has 0 spiro atoms. The van der Waals surface area contributed by atoms with Crippen LogP contribution in [0.3, 0.4) is 0 Å². The topological polar surface area (TPSA) is 60.4 Å². The first kappa shape index (κ1) is 19.7. The number of carbonyl (C=O) groups is 3. The van der Waals surface area contributed by atoms with E-state index in [-0.39, 0.29) is 18.2 Å². The highest BCUT2D eigenvalue weighted by Gasteiger charge is 2.34. The highest BCUT2D eigenvalue weighted by atomic mass is 16.5. The molecule has 0 heterocycles. The lowest BCUT2D eigenvalue weighted by atomic mass is 9.73. The van der Waals surface area contributed by atoms with Crippen LogP contribution in [0.25, 0.3) is 10.8 Å². The molecule has 0 bridgehead atoms. The van der Waals surface area contributed by atoms with Crippen molar-refractivity contribution in [1.82, 2.24) is 0 Å². The Bertz CT molecular complexity index is 1040. The first-order valence-electron chi connectivity index (χ1n) is 9.35. The van der Waals surface area contributed by atoms with Gasteiger partial charge >= 0.3 is 5.97 Å². The summed E-state index contributed by atoms with van der Waals surface area (Å²) in [4.78, 5) is 37.1. The third kappa shape index (κ3) is 3.81. The summed E-state index contributed by atoms with van der Waals surface area (Å²) >= 11 is 0. The zero-order chi connectivity index (χ0) is 20.5. The van der Waals surface area contributed by atoms with Gasteiger partial charge in [0.15, 0.2) is 11.6 Å². The van der Waals surface area contributed by atoms with Crippen molar-refractivity contribution in [3.63, 3.8) is 0 Å². The Balaban J connectivity index is 1.68. The standard InChI is InChI=1S/C24H24O4/c1-15-13-20(25)21(16(2)22(15)26)24(3,4)11-12-28-23(27)19-10-9-17-7-5-6-8-18(17)14-19/h5-10,13-14H,11-12H2,1-4H3. The number of ether oxygens (including phenoxy) is 1. The molecule has 3 rings (SSSR count). The van der Waals surface area contributed by atoms with E-state index in [1.54, 1.807) is 19.9 Å². The van der Waals surface area contributed by atoms with E-state index >= 15 is 0 Å². The summed E-state index contributed by atoms with van der Waals surface area (Å²) in [6.45, 7) is 7.30. The van der Waals surface area contributed by atoms with Crippen LogP contribution in [-0.2, 0) is 14.3 Å². The maximum atomic E-state index is 12.5. The molecule has 0 unspecified atom stereocenters. The van der Waals surface area contributed by atoms with E-state index in [2.05, 4.69) is 0 Å². The van der Waals surface area contributed by atoms with Crippen molar-refractivity contribution in [2.75, 3.05) is 6.61 Å². The molecule has 0 aliphatic heterocycles. The third-order valence-electron chi connectivity index (χ3n) is 5.29. The molecule has 0 saturated carbocycles. The van der Waals surface area contributed by atoms with Crippen LogP contribution in [0.15, 0.2) is 65.3 Å². The second kappa shape index (κ2) is 7.55. The fraction of sp³-hybridized carbons (Fsp3) is 0.292. The van der Waals surface area contributed by atoms with Crippen LogP contribution in [0.5, 0.6) is 0 Å². The van der Waals surface area contributed by atoms with Crippen molar-refractivity contribution < 1.29 is 19.1 Å². The van der Waals surface area contributed by atoms with Crippen molar-refractivity contribution >= 4 is 28.3 Å². The zero-order valence-electron chi connectivity index (χ0n) is 16.7. The third-order valence-corrected chi connectivity index (χ3v) is 5.29. The molecule has 4 nitrogen and oxygen atoms in total.